The van der Waals surface area contributed by atoms with E-state index in [9.17, 15) is 26.3 Å². The Morgan fingerprint density at radius 1 is 1.00 bits per heavy atom. The highest BCUT2D eigenvalue weighted by atomic mass is 19.4. The van der Waals surface area contributed by atoms with Crippen LogP contribution in [0.25, 0.3) is 0 Å². The Morgan fingerprint density at radius 3 is 2.06 bits per heavy atom. The van der Waals surface area contributed by atoms with E-state index in [0.717, 1.165) is 31.4 Å². The molecule has 0 aromatic carbocycles. The fourth-order valence-corrected chi connectivity index (χ4v) is 4.35. The van der Waals surface area contributed by atoms with Gasteiger partial charge in [0.2, 0.25) is 0 Å². The summed E-state index contributed by atoms with van der Waals surface area (Å²) < 4.78 is 75.7. The number of hydrogen-bond acceptors (Lipinski definition) is 6. The molecule has 2 N–H and O–H groups in total. The molecule has 1 saturated heterocycles. The first kappa shape index (κ1) is 28.6. The predicted molar refractivity (Wildman–Crippen MR) is 108 cm³/mol. The van der Waals surface area contributed by atoms with Crippen molar-refractivity contribution in [1.29, 1.82) is 0 Å². The van der Waals surface area contributed by atoms with Gasteiger partial charge in [-0.25, -0.2) is 9.59 Å². The topological polar surface area (TPSA) is 109 Å². The first-order chi connectivity index (χ1) is 16.3. The maximum absolute atomic E-state index is 10.6. The zero-order chi connectivity index (χ0) is 26.2. The van der Waals surface area contributed by atoms with Crippen LogP contribution in [0.5, 0.6) is 5.75 Å². The van der Waals surface area contributed by atoms with E-state index in [2.05, 4.69) is 9.88 Å². The number of rotatable bonds is 3. The Hall–Kier alpha value is -2.61. The molecule has 2 saturated carbocycles. The number of aliphatic carboxylic acids is 2. The van der Waals surface area contributed by atoms with Crippen LogP contribution < -0.4 is 4.74 Å². The Morgan fingerprint density at radius 2 is 1.57 bits per heavy atom. The number of halogens is 6. The van der Waals surface area contributed by atoms with E-state index in [1.807, 2.05) is 12.1 Å². The lowest BCUT2D eigenvalue weighted by molar-refractivity contribution is -0.193. The smallest absolute Gasteiger partial charge is 0.486 e. The second-order valence-electron chi connectivity index (χ2n) is 8.11. The maximum Gasteiger partial charge on any atom is 0.490 e. The quantitative estimate of drug-likeness (QED) is 0.583. The van der Waals surface area contributed by atoms with Crippen molar-refractivity contribution in [2.24, 2.45) is 0 Å². The van der Waals surface area contributed by atoms with E-state index in [0.29, 0.717) is 6.04 Å². The van der Waals surface area contributed by atoms with E-state index >= 15 is 0 Å². The van der Waals surface area contributed by atoms with Gasteiger partial charge in [0.05, 0.1) is 12.8 Å². The van der Waals surface area contributed by atoms with Gasteiger partial charge in [-0.15, -0.1) is 0 Å². The number of alkyl halides is 6. The van der Waals surface area contributed by atoms with Gasteiger partial charge in [-0.2, -0.15) is 26.3 Å². The van der Waals surface area contributed by atoms with E-state index in [1.165, 1.54) is 32.1 Å². The van der Waals surface area contributed by atoms with Gasteiger partial charge >= 0.3 is 24.3 Å². The van der Waals surface area contributed by atoms with Crippen molar-refractivity contribution in [1.82, 2.24) is 9.88 Å². The number of morpholine rings is 1. The highest BCUT2D eigenvalue weighted by Gasteiger charge is 2.46. The second kappa shape index (κ2) is 12.4. The molecule has 14 heteroatoms. The van der Waals surface area contributed by atoms with Crippen molar-refractivity contribution in [2.45, 2.75) is 75.2 Å². The molecule has 1 aromatic rings. The molecular weight excluding hydrogens is 490 g/mol. The van der Waals surface area contributed by atoms with Gasteiger partial charge in [0, 0.05) is 24.8 Å². The molecule has 1 aromatic heterocycles. The molecular formula is C21H26F6N2O6. The van der Waals surface area contributed by atoms with Gasteiger partial charge in [-0.05, 0) is 37.8 Å². The van der Waals surface area contributed by atoms with Gasteiger partial charge in [-0.3, -0.25) is 9.88 Å². The molecule has 3 fully saturated rings. The molecule has 198 valence electrons. The number of carbonyl (C=O) groups is 2. The fourth-order valence-electron chi connectivity index (χ4n) is 4.35. The van der Waals surface area contributed by atoms with E-state index in [1.54, 1.807) is 12.4 Å². The van der Waals surface area contributed by atoms with Crippen LogP contribution in [-0.2, 0) is 14.3 Å². The lowest BCUT2D eigenvalue weighted by Crippen LogP contribution is -2.55. The van der Waals surface area contributed by atoms with Crippen LogP contribution >= 0.6 is 0 Å². The van der Waals surface area contributed by atoms with Crippen molar-refractivity contribution in [3.63, 3.8) is 0 Å². The SMILES string of the molecule is O=C(O)C(F)(F)F.O=C(O)C(F)(F)F.c1cncc(O[C@H]2CC[C@H]3[C@H]2OCCN3C2CCCC2)c1. The molecule has 0 radical (unpaired) electrons. The number of hydrogen-bond donors (Lipinski definition) is 2. The molecule has 3 atom stereocenters. The molecule has 0 amide bonds. The monoisotopic (exact) mass is 516 g/mol. The van der Waals surface area contributed by atoms with Gasteiger partial charge in [0.25, 0.3) is 0 Å². The normalized spacial score (nSPS) is 24.9. The minimum atomic E-state index is -5.08. The molecule has 0 bridgehead atoms. The molecule has 1 aliphatic heterocycles. The van der Waals surface area contributed by atoms with Crippen molar-refractivity contribution >= 4 is 11.9 Å². The Bertz CT molecular complexity index is 793. The van der Waals surface area contributed by atoms with Crippen LogP contribution in [0.3, 0.4) is 0 Å². The lowest BCUT2D eigenvalue weighted by atomic mass is 10.1. The lowest BCUT2D eigenvalue weighted by Gasteiger charge is -2.42. The summed E-state index contributed by atoms with van der Waals surface area (Å²) in [7, 11) is 0. The Kier molecular flexibility index (Phi) is 10.1. The number of pyridine rings is 1. The van der Waals surface area contributed by atoms with Crippen molar-refractivity contribution in [2.75, 3.05) is 13.2 Å². The molecule has 2 heterocycles. The van der Waals surface area contributed by atoms with Gasteiger partial charge in [-0.1, -0.05) is 12.8 Å². The van der Waals surface area contributed by atoms with Crippen LogP contribution in [0.2, 0.25) is 0 Å². The number of carboxylic acid groups (broad SMARTS) is 2. The third-order valence-electron chi connectivity index (χ3n) is 5.78. The van der Waals surface area contributed by atoms with Gasteiger partial charge < -0.3 is 19.7 Å². The van der Waals surface area contributed by atoms with Crippen LogP contribution in [-0.4, -0.2) is 81.8 Å². The van der Waals surface area contributed by atoms with Crippen LogP contribution in [0.4, 0.5) is 26.3 Å². The number of fused-ring (bicyclic) bond motifs is 1. The summed E-state index contributed by atoms with van der Waals surface area (Å²) in [5.74, 6) is -4.65. The Balaban J connectivity index is 0.000000257. The van der Waals surface area contributed by atoms with Crippen LogP contribution in [0.15, 0.2) is 24.5 Å². The highest BCUT2D eigenvalue weighted by molar-refractivity contribution is 5.73. The van der Waals surface area contributed by atoms with Crippen LogP contribution in [0, 0.1) is 0 Å². The molecule has 8 nitrogen and oxygen atoms in total. The van der Waals surface area contributed by atoms with Crippen molar-refractivity contribution in [3.05, 3.63) is 24.5 Å². The van der Waals surface area contributed by atoms with Gasteiger partial charge in [0.15, 0.2) is 0 Å². The summed E-state index contributed by atoms with van der Waals surface area (Å²) in [6.45, 7) is 1.95. The highest BCUT2D eigenvalue weighted by Crippen LogP contribution is 2.36. The summed E-state index contributed by atoms with van der Waals surface area (Å²) in [6, 6.07) is 5.26. The Labute approximate surface area is 196 Å². The predicted octanol–water partition coefficient (Wildman–Crippen LogP) is 3.90. The number of carboxylic acids is 2. The fraction of sp³-hybridized carbons (Fsp3) is 0.667. The minimum Gasteiger partial charge on any atom is -0.486 e. The number of nitrogens with zero attached hydrogens (tertiary/aromatic N) is 2. The summed E-state index contributed by atoms with van der Waals surface area (Å²) >= 11 is 0. The molecule has 0 unspecified atom stereocenters. The first-order valence-corrected chi connectivity index (χ1v) is 10.8. The first-order valence-electron chi connectivity index (χ1n) is 10.8. The number of ether oxygens (including phenoxy) is 2. The largest absolute Gasteiger partial charge is 0.490 e. The average Bonchev–Trinajstić information content (AvgIpc) is 3.45. The van der Waals surface area contributed by atoms with E-state index in [4.69, 9.17) is 29.3 Å². The van der Waals surface area contributed by atoms with Gasteiger partial charge in [0.1, 0.15) is 18.0 Å². The summed E-state index contributed by atoms with van der Waals surface area (Å²) in [5.41, 5.74) is 0. The molecule has 0 spiro atoms. The van der Waals surface area contributed by atoms with Crippen molar-refractivity contribution < 1.29 is 55.6 Å². The minimum absolute atomic E-state index is 0.184. The summed E-state index contributed by atoms with van der Waals surface area (Å²) in [5, 5.41) is 14.2. The van der Waals surface area contributed by atoms with Crippen LogP contribution in [0.1, 0.15) is 38.5 Å². The average molecular weight is 516 g/mol. The molecule has 35 heavy (non-hydrogen) atoms. The summed E-state index contributed by atoms with van der Waals surface area (Å²) in [4.78, 5) is 24.7. The summed E-state index contributed by atoms with van der Waals surface area (Å²) in [6.07, 6.45) is 1.66. The maximum atomic E-state index is 10.6. The molecule has 4 rings (SSSR count). The third-order valence-corrected chi connectivity index (χ3v) is 5.78. The van der Waals surface area contributed by atoms with E-state index < -0.39 is 24.3 Å². The van der Waals surface area contributed by atoms with Crippen molar-refractivity contribution in [3.8, 4) is 5.75 Å². The molecule has 3 aliphatic rings. The molecule has 2 aliphatic carbocycles. The third kappa shape index (κ3) is 8.84. The standard InChI is InChI=1S/C17H24N2O2.2C2HF3O2/c1-2-5-13(4-1)19-10-11-20-17-15(19)7-8-16(17)21-14-6-3-9-18-12-14;2*3-2(4,5)1(6)7/h3,6,9,12-13,15-17H,1-2,4-5,7-8,10-11H2;2*(H,6,7)/t15-,16-,17+;;/m0../s1. The zero-order valence-corrected chi connectivity index (χ0v) is 18.5. The second-order valence-corrected chi connectivity index (χ2v) is 8.11. The van der Waals surface area contributed by atoms with E-state index in [-0.39, 0.29) is 12.2 Å². The zero-order valence-electron chi connectivity index (χ0n) is 18.5. The number of aromatic nitrogens is 1.